The number of hydrogen-bond acceptors (Lipinski definition) is 4. The first-order valence-corrected chi connectivity index (χ1v) is 5.58. The van der Waals surface area contributed by atoms with E-state index in [2.05, 4.69) is 16.1 Å². The van der Waals surface area contributed by atoms with Crippen molar-refractivity contribution >= 4 is 11.4 Å². The van der Waals surface area contributed by atoms with Crippen molar-refractivity contribution in [1.29, 1.82) is 5.26 Å². The number of rotatable bonds is 3. The van der Waals surface area contributed by atoms with Crippen molar-refractivity contribution in [3.8, 4) is 6.07 Å². The SMILES string of the molecule is CN(Cc1cnn(C)c1)c1ccc(N)c(C#N)c1. The zero-order valence-corrected chi connectivity index (χ0v) is 10.5. The lowest BCUT2D eigenvalue weighted by Gasteiger charge is -2.19. The Bertz CT molecular complexity index is 594. The molecule has 0 fully saturated rings. The van der Waals surface area contributed by atoms with Gasteiger partial charge in [-0.3, -0.25) is 4.68 Å². The molecule has 1 heterocycles. The Morgan fingerprint density at radius 2 is 2.28 bits per heavy atom. The van der Waals surface area contributed by atoms with Crippen molar-refractivity contribution < 1.29 is 0 Å². The monoisotopic (exact) mass is 241 g/mol. The molecule has 0 aliphatic rings. The van der Waals surface area contributed by atoms with Gasteiger partial charge in [-0.15, -0.1) is 0 Å². The van der Waals surface area contributed by atoms with Crippen molar-refractivity contribution in [2.75, 3.05) is 17.7 Å². The molecule has 0 amide bonds. The molecule has 92 valence electrons. The standard InChI is InChI=1S/C13H15N5/c1-17(8-10-7-16-18(2)9-10)12-3-4-13(15)11(5-12)6-14/h3-5,7,9H,8,15H2,1-2H3. The highest BCUT2D eigenvalue weighted by atomic mass is 15.2. The first-order valence-electron chi connectivity index (χ1n) is 5.58. The van der Waals surface area contributed by atoms with Crippen LogP contribution in [0.5, 0.6) is 0 Å². The second kappa shape index (κ2) is 4.80. The fourth-order valence-corrected chi connectivity index (χ4v) is 1.80. The maximum absolute atomic E-state index is 8.96. The lowest BCUT2D eigenvalue weighted by atomic mass is 10.1. The zero-order valence-electron chi connectivity index (χ0n) is 10.5. The number of aryl methyl sites for hydroxylation is 1. The average molecular weight is 241 g/mol. The minimum atomic E-state index is 0.505. The maximum atomic E-state index is 8.96. The summed E-state index contributed by atoms with van der Waals surface area (Å²) in [7, 11) is 3.86. The normalized spacial score (nSPS) is 10.1. The van der Waals surface area contributed by atoms with Gasteiger partial charge in [0.25, 0.3) is 0 Å². The predicted octanol–water partition coefficient (Wildman–Crippen LogP) is 1.51. The van der Waals surface area contributed by atoms with Crippen LogP contribution in [0.4, 0.5) is 11.4 Å². The van der Waals surface area contributed by atoms with Crippen LogP contribution >= 0.6 is 0 Å². The number of nitrogen functional groups attached to an aromatic ring is 1. The highest BCUT2D eigenvalue weighted by molar-refractivity contribution is 5.62. The first kappa shape index (κ1) is 12.0. The van der Waals surface area contributed by atoms with Crippen molar-refractivity contribution in [2.45, 2.75) is 6.54 Å². The van der Waals surface area contributed by atoms with Gasteiger partial charge in [0.15, 0.2) is 0 Å². The molecule has 0 saturated carbocycles. The number of hydrogen-bond donors (Lipinski definition) is 1. The van der Waals surface area contributed by atoms with E-state index in [1.807, 2.05) is 32.6 Å². The van der Waals surface area contributed by atoms with Gasteiger partial charge in [0, 0.05) is 43.8 Å². The van der Waals surface area contributed by atoms with E-state index in [1.54, 1.807) is 16.8 Å². The van der Waals surface area contributed by atoms with Crippen LogP contribution in [0, 0.1) is 11.3 Å². The Balaban J connectivity index is 2.19. The summed E-state index contributed by atoms with van der Waals surface area (Å²) in [6.07, 6.45) is 3.80. The molecule has 2 N–H and O–H groups in total. The van der Waals surface area contributed by atoms with E-state index >= 15 is 0 Å². The number of nitrogens with zero attached hydrogens (tertiary/aromatic N) is 4. The van der Waals surface area contributed by atoms with E-state index in [4.69, 9.17) is 11.0 Å². The van der Waals surface area contributed by atoms with E-state index in [0.717, 1.165) is 17.8 Å². The van der Waals surface area contributed by atoms with Crippen molar-refractivity contribution in [3.63, 3.8) is 0 Å². The van der Waals surface area contributed by atoms with E-state index in [1.165, 1.54) is 0 Å². The molecule has 0 aliphatic heterocycles. The van der Waals surface area contributed by atoms with Gasteiger partial charge in [-0.1, -0.05) is 0 Å². The third-order valence-corrected chi connectivity index (χ3v) is 2.78. The molecule has 0 atom stereocenters. The van der Waals surface area contributed by atoms with Crippen molar-refractivity contribution in [3.05, 3.63) is 41.7 Å². The van der Waals surface area contributed by atoms with Crippen LogP contribution in [0.1, 0.15) is 11.1 Å². The zero-order chi connectivity index (χ0) is 13.1. The molecule has 5 nitrogen and oxygen atoms in total. The van der Waals surface area contributed by atoms with Crippen LogP contribution in [-0.2, 0) is 13.6 Å². The van der Waals surface area contributed by atoms with E-state index in [0.29, 0.717) is 11.3 Å². The third kappa shape index (κ3) is 2.43. The topological polar surface area (TPSA) is 70.9 Å². The van der Waals surface area contributed by atoms with Crippen LogP contribution in [0.15, 0.2) is 30.6 Å². The van der Waals surface area contributed by atoms with Gasteiger partial charge in [0.05, 0.1) is 11.8 Å². The summed E-state index contributed by atoms with van der Waals surface area (Å²) in [5.74, 6) is 0. The number of anilines is 2. The summed E-state index contributed by atoms with van der Waals surface area (Å²) >= 11 is 0. The van der Waals surface area contributed by atoms with E-state index in [9.17, 15) is 0 Å². The van der Waals surface area contributed by atoms with Gasteiger partial charge in [0.2, 0.25) is 0 Å². The van der Waals surface area contributed by atoms with E-state index < -0.39 is 0 Å². The summed E-state index contributed by atoms with van der Waals surface area (Å²) in [6.45, 7) is 0.739. The maximum Gasteiger partial charge on any atom is 0.101 e. The Morgan fingerprint density at radius 1 is 1.50 bits per heavy atom. The lowest BCUT2D eigenvalue weighted by Crippen LogP contribution is -2.16. The Morgan fingerprint density at radius 3 is 2.89 bits per heavy atom. The van der Waals surface area contributed by atoms with Crippen LogP contribution in [-0.4, -0.2) is 16.8 Å². The van der Waals surface area contributed by atoms with Gasteiger partial charge in [-0.05, 0) is 18.2 Å². The molecule has 0 bridgehead atoms. The third-order valence-electron chi connectivity index (χ3n) is 2.78. The largest absolute Gasteiger partial charge is 0.398 e. The number of benzene rings is 1. The number of nitriles is 1. The quantitative estimate of drug-likeness (QED) is 0.827. The second-order valence-corrected chi connectivity index (χ2v) is 4.26. The number of nitrogens with two attached hydrogens (primary N) is 1. The Kier molecular flexibility index (Phi) is 3.20. The minimum absolute atomic E-state index is 0.505. The molecular weight excluding hydrogens is 226 g/mol. The molecule has 0 unspecified atom stereocenters. The van der Waals surface area contributed by atoms with Gasteiger partial charge >= 0.3 is 0 Å². The summed E-state index contributed by atoms with van der Waals surface area (Å²) < 4.78 is 1.77. The van der Waals surface area contributed by atoms with Crippen molar-refractivity contribution in [2.24, 2.45) is 7.05 Å². The average Bonchev–Trinajstić information content (AvgIpc) is 2.75. The smallest absolute Gasteiger partial charge is 0.101 e. The first-order chi connectivity index (χ1) is 8.60. The van der Waals surface area contributed by atoms with Gasteiger partial charge in [-0.25, -0.2) is 0 Å². The molecule has 0 aliphatic carbocycles. The van der Waals surface area contributed by atoms with Crippen molar-refractivity contribution in [1.82, 2.24) is 9.78 Å². The molecule has 0 radical (unpaired) electrons. The number of aromatic nitrogens is 2. The van der Waals surface area contributed by atoms with Gasteiger partial charge < -0.3 is 10.6 Å². The molecule has 1 aromatic heterocycles. The summed E-state index contributed by atoms with van der Waals surface area (Å²) in [6, 6.07) is 7.55. The van der Waals surface area contributed by atoms with Crippen LogP contribution < -0.4 is 10.6 Å². The van der Waals surface area contributed by atoms with Crippen LogP contribution in [0.3, 0.4) is 0 Å². The van der Waals surface area contributed by atoms with Crippen LogP contribution in [0.2, 0.25) is 0 Å². The molecular formula is C13H15N5. The summed E-state index contributed by atoms with van der Waals surface area (Å²) in [5, 5.41) is 13.1. The fourth-order valence-electron chi connectivity index (χ4n) is 1.80. The lowest BCUT2D eigenvalue weighted by molar-refractivity contribution is 0.766. The second-order valence-electron chi connectivity index (χ2n) is 4.26. The molecule has 5 heteroatoms. The highest BCUT2D eigenvalue weighted by Gasteiger charge is 2.06. The Labute approximate surface area is 106 Å². The summed E-state index contributed by atoms with van der Waals surface area (Å²) in [4.78, 5) is 2.05. The Hall–Kier alpha value is -2.48. The molecule has 1 aromatic carbocycles. The molecule has 0 spiro atoms. The van der Waals surface area contributed by atoms with E-state index in [-0.39, 0.29) is 0 Å². The molecule has 0 saturated heterocycles. The van der Waals surface area contributed by atoms with Gasteiger partial charge in [-0.2, -0.15) is 10.4 Å². The summed E-state index contributed by atoms with van der Waals surface area (Å²) in [5.41, 5.74) is 8.80. The fraction of sp³-hybridized carbons (Fsp3) is 0.231. The van der Waals surface area contributed by atoms with Gasteiger partial charge in [0.1, 0.15) is 6.07 Å². The molecule has 2 aromatic rings. The molecule has 18 heavy (non-hydrogen) atoms. The highest BCUT2D eigenvalue weighted by Crippen LogP contribution is 2.21. The van der Waals surface area contributed by atoms with Crippen LogP contribution in [0.25, 0.3) is 0 Å². The minimum Gasteiger partial charge on any atom is -0.398 e. The molecule has 2 rings (SSSR count). The predicted molar refractivity (Wildman–Crippen MR) is 70.9 cm³/mol.